The second kappa shape index (κ2) is 11.8. The van der Waals surface area contributed by atoms with E-state index in [1.54, 1.807) is 6.07 Å². The third-order valence-electron chi connectivity index (χ3n) is 7.53. The molecule has 0 radical (unpaired) electrons. The molecule has 0 bridgehead atoms. The summed E-state index contributed by atoms with van der Waals surface area (Å²) in [5, 5.41) is 23.6. The largest absolute Gasteiger partial charge is 0.382 e. The van der Waals surface area contributed by atoms with Gasteiger partial charge in [-0.2, -0.15) is 5.26 Å². The molecule has 2 aliphatic rings. The van der Waals surface area contributed by atoms with Crippen LogP contribution in [0.3, 0.4) is 0 Å². The number of hydrogen-bond donors (Lipinski definition) is 1. The van der Waals surface area contributed by atoms with E-state index in [0.717, 1.165) is 38.8 Å². The highest BCUT2D eigenvalue weighted by atomic mass is 16.6. The maximum absolute atomic E-state index is 12.8. The van der Waals surface area contributed by atoms with Crippen LogP contribution in [-0.4, -0.2) is 60.7 Å². The number of carbonyl (C=O) groups is 1. The summed E-state index contributed by atoms with van der Waals surface area (Å²) in [6.45, 7) is 9.76. The molecule has 2 aromatic rings. The minimum atomic E-state index is -0.544. The zero-order valence-corrected chi connectivity index (χ0v) is 22.5. The van der Waals surface area contributed by atoms with Crippen LogP contribution in [0.1, 0.15) is 57.6 Å². The second-order valence-corrected chi connectivity index (χ2v) is 11.2. The van der Waals surface area contributed by atoms with E-state index in [1.165, 1.54) is 23.4 Å². The molecule has 1 amide bonds. The van der Waals surface area contributed by atoms with Gasteiger partial charge in [-0.1, -0.05) is 32.9 Å². The van der Waals surface area contributed by atoms with E-state index >= 15 is 0 Å². The fourth-order valence-corrected chi connectivity index (χ4v) is 5.15. The predicted molar refractivity (Wildman–Crippen MR) is 147 cm³/mol. The minimum absolute atomic E-state index is 0.0443. The SMILES string of the molecule is CC(C)(C)c1ccc(N2CCN(C(=O)CO[C@H]3CC[C@H](Nc4ccc([N+](=O)[O-])c(C#N)c4)CC3)CC2)cc1. The molecule has 0 spiro atoms. The highest BCUT2D eigenvalue weighted by Gasteiger charge is 2.26. The lowest BCUT2D eigenvalue weighted by molar-refractivity contribution is -0.385. The first kappa shape index (κ1) is 27.4. The summed E-state index contributed by atoms with van der Waals surface area (Å²) in [6.07, 6.45) is 3.45. The molecule has 0 unspecified atom stereocenters. The second-order valence-electron chi connectivity index (χ2n) is 11.2. The highest BCUT2D eigenvalue weighted by Crippen LogP contribution is 2.28. The number of anilines is 2. The maximum atomic E-state index is 12.8. The Morgan fingerprint density at radius 3 is 2.32 bits per heavy atom. The molecular weight excluding hydrogens is 482 g/mol. The molecule has 1 aliphatic carbocycles. The van der Waals surface area contributed by atoms with Crippen molar-refractivity contribution in [1.29, 1.82) is 5.26 Å². The molecular formula is C29H37N5O4. The molecule has 0 atom stereocenters. The summed E-state index contributed by atoms with van der Waals surface area (Å²) in [5.41, 5.74) is 3.22. The standard InChI is InChI=1S/C29H37N5O4/c1-29(2,3)22-4-9-25(10-5-22)32-14-16-33(17-15-32)28(35)20-38-26-11-6-23(7-12-26)31-24-8-13-27(34(36)37)21(18-24)19-30/h4-5,8-10,13,18,23,26,31H,6-7,11-12,14-17,20H2,1-3H3/t23-,26-. The number of hydrogen-bond acceptors (Lipinski definition) is 7. The topological polar surface area (TPSA) is 112 Å². The minimum Gasteiger partial charge on any atom is -0.382 e. The van der Waals surface area contributed by atoms with Gasteiger partial charge in [-0.25, -0.2) is 0 Å². The van der Waals surface area contributed by atoms with Gasteiger partial charge in [0.25, 0.3) is 5.69 Å². The Labute approximate surface area is 224 Å². The van der Waals surface area contributed by atoms with Gasteiger partial charge < -0.3 is 19.9 Å². The molecule has 2 fully saturated rings. The summed E-state index contributed by atoms with van der Waals surface area (Å²) < 4.78 is 5.98. The van der Waals surface area contributed by atoms with Gasteiger partial charge in [-0.15, -0.1) is 0 Å². The number of rotatable bonds is 7. The number of nitro groups is 1. The smallest absolute Gasteiger partial charge is 0.287 e. The Balaban J connectivity index is 1.17. The summed E-state index contributed by atoms with van der Waals surface area (Å²) in [5.74, 6) is 0.0443. The Hall–Kier alpha value is -3.64. The fourth-order valence-electron chi connectivity index (χ4n) is 5.15. The molecule has 38 heavy (non-hydrogen) atoms. The van der Waals surface area contributed by atoms with Crippen LogP contribution >= 0.6 is 0 Å². The number of nitrogens with zero attached hydrogens (tertiary/aromatic N) is 4. The Morgan fingerprint density at radius 1 is 1.08 bits per heavy atom. The van der Waals surface area contributed by atoms with E-state index in [1.807, 2.05) is 11.0 Å². The van der Waals surface area contributed by atoms with Crippen molar-refractivity contribution < 1.29 is 14.5 Å². The van der Waals surface area contributed by atoms with Crippen LogP contribution in [0.15, 0.2) is 42.5 Å². The van der Waals surface area contributed by atoms with Gasteiger partial charge in [0.05, 0.1) is 11.0 Å². The van der Waals surface area contributed by atoms with Gasteiger partial charge in [0, 0.05) is 49.7 Å². The van der Waals surface area contributed by atoms with Gasteiger partial charge in [0.1, 0.15) is 18.2 Å². The molecule has 9 heteroatoms. The average molecular weight is 520 g/mol. The van der Waals surface area contributed by atoms with Crippen LogP contribution in [0, 0.1) is 21.4 Å². The average Bonchev–Trinajstić information content (AvgIpc) is 2.92. The highest BCUT2D eigenvalue weighted by molar-refractivity contribution is 5.77. The predicted octanol–water partition coefficient (Wildman–Crippen LogP) is 4.85. The third-order valence-corrected chi connectivity index (χ3v) is 7.53. The molecule has 4 rings (SSSR count). The lowest BCUT2D eigenvalue weighted by Gasteiger charge is -2.37. The Morgan fingerprint density at radius 2 is 1.74 bits per heavy atom. The van der Waals surface area contributed by atoms with Crippen LogP contribution in [0.5, 0.6) is 0 Å². The summed E-state index contributed by atoms with van der Waals surface area (Å²) in [7, 11) is 0. The van der Waals surface area contributed by atoms with Crippen LogP contribution in [0.2, 0.25) is 0 Å². The number of amides is 1. The van der Waals surface area contributed by atoms with Crippen LogP contribution in [0.4, 0.5) is 17.1 Å². The Bertz CT molecular complexity index is 1170. The van der Waals surface area contributed by atoms with Crippen molar-refractivity contribution >= 4 is 23.0 Å². The third kappa shape index (κ3) is 6.81. The van der Waals surface area contributed by atoms with Crippen molar-refractivity contribution in [2.24, 2.45) is 0 Å². The quantitative estimate of drug-likeness (QED) is 0.411. The molecule has 1 aliphatic heterocycles. The molecule has 1 N–H and O–H groups in total. The normalized spacial score (nSPS) is 20.1. The lowest BCUT2D eigenvalue weighted by atomic mass is 9.87. The molecule has 1 saturated heterocycles. The van der Waals surface area contributed by atoms with E-state index < -0.39 is 4.92 Å². The maximum Gasteiger partial charge on any atom is 0.287 e. The van der Waals surface area contributed by atoms with Gasteiger partial charge in [-0.3, -0.25) is 14.9 Å². The summed E-state index contributed by atoms with van der Waals surface area (Å²) in [6, 6.07) is 15.4. The van der Waals surface area contributed by atoms with Crippen molar-refractivity contribution in [3.63, 3.8) is 0 Å². The number of nitrogens with one attached hydrogen (secondary N) is 1. The zero-order valence-electron chi connectivity index (χ0n) is 22.5. The van der Waals surface area contributed by atoms with Gasteiger partial charge in [0.15, 0.2) is 0 Å². The molecule has 2 aromatic carbocycles. The van der Waals surface area contributed by atoms with Crippen molar-refractivity contribution in [3.05, 3.63) is 63.7 Å². The van der Waals surface area contributed by atoms with E-state index in [0.29, 0.717) is 18.8 Å². The van der Waals surface area contributed by atoms with E-state index in [4.69, 9.17) is 4.74 Å². The summed E-state index contributed by atoms with van der Waals surface area (Å²) >= 11 is 0. The number of ether oxygens (including phenoxy) is 1. The number of nitro benzene ring substituents is 1. The number of nitriles is 1. The lowest BCUT2D eigenvalue weighted by Crippen LogP contribution is -2.50. The van der Waals surface area contributed by atoms with Crippen LogP contribution in [-0.2, 0) is 14.9 Å². The first-order valence-electron chi connectivity index (χ1n) is 13.3. The van der Waals surface area contributed by atoms with Crippen molar-refractivity contribution in [3.8, 4) is 6.07 Å². The summed E-state index contributed by atoms with van der Waals surface area (Å²) in [4.78, 5) is 27.5. The molecule has 1 saturated carbocycles. The number of benzene rings is 2. The molecule has 1 heterocycles. The van der Waals surface area contributed by atoms with Gasteiger partial charge in [-0.05, 0) is 60.9 Å². The first-order chi connectivity index (χ1) is 18.1. The van der Waals surface area contributed by atoms with Gasteiger partial charge >= 0.3 is 0 Å². The van der Waals surface area contributed by atoms with E-state index in [-0.39, 0.29) is 41.3 Å². The monoisotopic (exact) mass is 519 g/mol. The molecule has 9 nitrogen and oxygen atoms in total. The van der Waals surface area contributed by atoms with Gasteiger partial charge in [0.2, 0.25) is 5.91 Å². The van der Waals surface area contributed by atoms with Crippen molar-refractivity contribution in [1.82, 2.24) is 4.90 Å². The van der Waals surface area contributed by atoms with Crippen LogP contribution in [0.25, 0.3) is 0 Å². The zero-order chi connectivity index (χ0) is 27.3. The van der Waals surface area contributed by atoms with Crippen LogP contribution < -0.4 is 10.2 Å². The first-order valence-corrected chi connectivity index (χ1v) is 13.3. The number of piperazine rings is 1. The van der Waals surface area contributed by atoms with Crippen molar-refractivity contribution in [2.45, 2.75) is 64.0 Å². The van der Waals surface area contributed by atoms with E-state index in [2.05, 4.69) is 55.3 Å². The van der Waals surface area contributed by atoms with E-state index in [9.17, 15) is 20.2 Å². The molecule has 0 aromatic heterocycles. The molecule has 202 valence electrons. The fraction of sp³-hybridized carbons (Fsp3) is 0.517. The Kier molecular flexibility index (Phi) is 8.52. The van der Waals surface area contributed by atoms with Crippen molar-refractivity contribution in [2.75, 3.05) is 43.0 Å². The number of carbonyl (C=O) groups excluding carboxylic acids is 1.